The van der Waals surface area contributed by atoms with Gasteiger partial charge in [-0.1, -0.05) is 30.3 Å². The van der Waals surface area contributed by atoms with Crippen LogP contribution in [0.5, 0.6) is 0 Å². The predicted molar refractivity (Wildman–Crippen MR) is 96.6 cm³/mol. The lowest BCUT2D eigenvalue weighted by Gasteiger charge is -2.26. The van der Waals surface area contributed by atoms with Gasteiger partial charge in [0.15, 0.2) is 0 Å². The highest BCUT2D eigenvalue weighted by Gasteiger charge is 2.30. The van der Waals surface area contributed by atoms with Crippen LogP contribution in [0.4, 0.5) is 9.59 Å². The number of hydrogen-bond donors (Lipinski definition) is 2. The fourth-order valence-corrected chi connectivity index (χ4v) is 2.74. The van der Waals surface area contributed by atoms with E-state index in [4.69, 9.17) is 9.47 Å². The monoisotopic (exact) mass is 364 g/mol. The lowest BCUT2D eigenvalue weighted by Crippen LogP contribution is -2.48. The van der Waals surface area contributed by atoms with E-state index in [1.54, 1.807) is 20.8 Å². The number of amides is 2. The van der Waals surface area contributed by atoms with Gasteiger partial charge in [-0.15, -0.1) is 0 Å². The number of β-amino-alcohol motifs (C(OH)–C–C–N with tert-alkyl or cyclic N) is 1. The van der Waals surface area contributed by atoms with Gasteiger partial charge in [-0.05, 0) is 39.2 Å². The molecule has 2 amide bonds. The molecule has 1 aliphatic heterocycles. The highest BCUT2D eigenvalue weighted by Crippen LogP contribution is 2.15. The average Bonchev–Trinajstić information content (AvgIpc) is 2.74. The minimum atomic E-state index is -0.880. The van der Waals surface area contributed by atoms with Gasteiger partial charge in [0.2, 0.25) is 0 Å². The van der Waals surface area contributed by atoms with Gasteiger partial charge in [0.25, 0.3) is 0 Å². The van der Waals surface area contributed by atoms with Crippen LogP contribution in [-0.2, 0) is 16.1 Å². The van der Waals surface area contributed by atoms with Gasteiger partial charge in [-0.3, -0.25) is 0 Å². The summed E-state index contributed by atoms with van der Waals surface area (Å²) in [5.41, 5.74) is 0.299. The maximum absolute atomic E-state index is 12.3. The lowest BCUT2D eigenvalue weighted by atomic mass is 10.1. The van der Waals surface area contributed by atoms with Crippen molar-refractivity contribution in [1.29, 1.82) is 0 Å². The van der Waals surface area contributed by atoms with Crippen molar-refractivity contribution in [3.63, 3.8) is 0 Å². The highest BCUT2D eigenvalue weighted by molar-refractivity contribution is 5.69. The third-order valence-corrected chi connectivity index (χ3v) is 3.98. The third-order valence-electron chi connectivity index (χ3n) is 3.98. The molecule has 0 radical (unpaired) electrons. The van der Waals surface area contributed by atoms with E-state index < -0.39 is 29.9 Å². The van der Waals surface area contributed by atoms with E-state index in [0.717, 1.165) is 5.56 Å². The molecule has 7 nitrogen and oxygen atoms in total. The molecule has 1 fully saturated rings. The number of nitrogens with one attached hydrogen (secondary N) is 1. The van der Waals surface area contributed by atoms with E-state index in [0.29, 0.717) is 19.4 Å². The molecule has 0 bridgehead atoms. The zero-order chi connectivity index (χ0) is 19.2. The molecule has 0 aromatic heterocycles. The van der Waals surface area contributed by atoms with Gasteiger partial charge in [0.05, 0.1) is 18.7 Å². The van der Waals surface area contributed by atoms with Crippen molar-refractivity contribution >= 4 is 12.2 Å². The van der Waals surface area contributed by atoms with Gasteiger partial charge in [0.1, 0.15) is 12.2 Å². The summed E-state index contributed by atoms with van der Waals surface area (Å²) < 4.78 is 10.5. The number of nitrogens with zero attached hydrogens (tertiary/aromatic N) is 1. The Labute approximate surface area is 154 Å². The van der Waals surface area contributed by atoms with Crippen molar-refractivity contribution in [3.8, 4) is 0 Å². The first kappa shape index (κ1) is 20.0. The molecule has 0 saturated carbocycles. The van der Waals surface area contributed by atoms with Crippen molar-refractivity contribution in [2.45, 2.75) is 58.0 Å². The van der Waals surface area contributed by atoms with Crippen molar-refractivity contribution in [2.75, 3.05) is 13.1 Å². The molecule has 2 N–H and O–H groups in total. The average molecular weight is 364 g/mol. The van der Waals surface area contributed by atoms with E-state index in [1.165, 1.54) is 4.90 Å². The molecule has 1 saturated heterocycles. The van der Waals surface area contributed by atoms with Gasteiger partial charge < -0.3 is 24.8 Å². The summed E-state index contributed by atoms with van der Waals surface area (Å²) in [7, 11) is 0. The van der Waals surface area contributed by atoms with Gasteiger partial charge in [-0.2, -0.15) is 0 Å². The number of carbonyl (C=O) groups is 2. The van der Waals surface area contributed by atoms with Crippen molar-refractivity contribution in [1.82, 2.24) is 10.2 Å². The lowest BCUT2D eigenvalue weighted by molar-refractivity contribution is 0.0382. The van der Waals surface area contributed by atoms with Crippen LogP contribution in [0.25, 0.3) is 0 Å². The molecule has 0 aliphatic carbocycles. The normalized spacial score (nSPS) is 20.8. The fourth-order valence-electron chi connectivity index (χ4n) is 2.74. The molecule has 1 aromatic carbocycles. The number of aliphatic hydroxyl groups excluding tert-OH is 1. The topological polar surface area (TPSA) is 88.1 Å². The summed E-state index contributed by atoms with van der Waals surface area (Å²) in [5, 5.41) is 13.1. The van der Waals surface area contributed by atoms with Gasteiger partial charge in [-0.25, -0.2) is 9.59 Å². The number of alkyl carbamates (subject to hydrolysis) is 1. The second-order valence-electron chi connectivity index (χ2n) is 7.45. The van der Waals surface area contributed by atoms with E-state index in [-0.39, 0.29) is 13.2 Å². The zero-order valence-electron chi connectivity index (χ0n) is 15.6. The van der Waals surface area contributed by atoms with Crippen LogP contribution in [0.15, 0.2) is 30.3 Å². The van der Waals surface area contributed by atoms with Crippen LogP contribution in [0, 0.1) is 0 Å². The number of aliphatic hydroxyl groups is 1. The van der Waals surface area contributed by atoms with Crippen LogP contribution in [-0.4, -0.2) is 53.0 Å². The number of hydrogen-bond acceptors (Lipinski definition) is 5. The molecular formula is C19H28N2O5. The molecule has 144 valence electrons. The Hall–Kier alpha value is -2.28. The van der Waals surface area contributed by atoms with Crippen LogP contribution in [0.1, 0.15) is 39.2 Å². The van der Waals surface area contributed by atoms with Gasteiger partial charge in [0, 0.05) is 6.54 Å². The molecule has 0 spiro atoms. The molecule has 0 unspecified atom stereocenters. The summed E-state index contributed by atoms with van der Waals surface area (Å²) in [6.07, 6.45) is -0.706. The summed E-state index contributed by atoms with van der Waals surface area (Å²) in [4.78, 5) is 25.7. The largest absolute Gasteiger partial charge is 0.445 e. The Morgan fingerprint density at radius 2 is 1.96 bits per heavy atom. The van der Waals surface area contributed by atoms with E-state index >= 15 is 0 Å². The van der Waals surface area contributed by atoms with E-state index in [2.05, 4.69) is 5.32 Å². The maximum Gasteiger partial charge on any atom is 0.410 e. The summed E-state index contributed by atoms with van der Waals surface area (Å²) >= 11 is 0. The Kier molecular flexibility index (Phi) is 6.85. The fraction of sp³-hybridized carbons (Fsp3) is 0.579. The number of ether oxygens (including phenoxy) is 2. The highest BCUT2D eigenvalue weighted by atomic mass is 16.6. The molecule has 26 heavy (non-hydrogen) atoms. The van der Waals surface area contributed by atoms with Crippen molar-refractivity contribution in [3.05, 3.63) is 35.9 Å². The minimum Gasteiger partial charge on any atom is -0.445 e. The SMILES string of the molecule is CC(C)(C)OC(=O)N[C@@H]1CCCN(C(=O)OCc2ccccc2)C[C@H]1O. The maximum atomic E-state index is 12.3. The minimum absolute atomic E-state index is 0.105. The van der Waals surface area contributed by atoms with Crippen LogP contribution < -0.4 is 5.32 Å². The van der Waals surface area contributed by atoms with E-state index in [1.807, 2.05) is 30.3 Å². The number of benzene rings is 1. The molecule has 1 aliphatic rings. The van der Waals surface area contributed by atoms with Crippen LogP contribution >= 0.6 is 0 Å². The summed E-state index contributed by atoms with van der Waals surface area (Å²) in [5.74, 6) is 0. The molecule has 2 atom stereocenters. The number of likely N-dealkylation sites (tertiary alicyclic amines) is 1. The van der Waals surface area contributed by atoms with Crippen LogP contribution in [0.2, 0.25) is 0 Å². The van der Waals surface area contributed by atoms with Crippen LogP contribution in [0.3, 0.4) is 0 Å². The molecule has 7 heteroatoms. The summed E-state index contributed by atoms with van der Waals surface area (Å²) in [6, 6.07) is 8.96. The Balaban J connectivity index is 1.84. The van der Waals surface area contributed by atoms with Crippen molar-refractivity contribution < 1.29 is 24.2 Å². The Morgan fingerprint density at radius 3 is 2.62 bits per heavy atom. The second-order valence-corrected chi connectivity index (χ2v) is 7.45. The Morgan fingerprint density at radius 1 is 1.27 bits per heavy atom. The van der Waals surface area contributed by atoms with Gasteiger partial charge >= 0.3 is 12.2 Å². The number of rotatable bonds is 3. The summed E-state index contributed by atoms with van der Waals surface area (Å²) in [6.45, 7) is 6.10. The first-order valence-corrected chi connectivity index (χ1v) is 8.88. The van der Waals surface area contributed by atoms with E-state index in [9.17, 15) is 14.7 Å². The third kappa shape index (κ3) is 6.55. The first-order valence-electron chi connectivity index (χ1n) is 8.88. The smallest absolute Gasteiger partial charge is 0.410 e. The predicted octanol–water partition coefficient (Wildman–Crippen LogP) is 2.67. The molecular weight excluding hydrogens is 336 g/mol. The molecule has 1 aromatic rings. The molecule has 1 heterocycles. The quantitative estimate of drug-likeness (QED) is 0.861. The first-order chi connectivity index (χ1) is 12.2. The Bertz CT molecular complexity index is 600. The second kappa shape index (κ2) is 8.89. The standard InChI is InChI=1S/C19H28N2O5/c1-19(2,3)26-17(23)20-15-10-7-11-21(12-16(15)22)18(24)25-13-14-8-5-4-6-9-14/h4-6,8-9,15-16,22H,7,10-13H2,1-3H3,(H,20,23)/t15-,16-/m1/s1. The zero-order valence-corrected chi connectivity index (χ0v) is 15.6. The molecule has 2 rings (SSSR count). The number of carbonyl (C=O) groups excluding carboxylic acids is 2. The van der Waals surface area contributed by atoms with Crippen molar-refractivity contribution in [2.24, 2.45) is 0 Å².